The third-order valence-corrected chi connectivity index (χ3v) is 4.28. The van der Waals surface area contributed by atoms with E-state index in [1.54, 1.807) is 23.7 Å². The normalized spacial score (nSPS) is 12.0. The first kappa shape index (κ1) is 17.6. The molecular weight excluding hydrogens is 314 g/mol. The Morgan fingerprint density at radius 1 is 1.57 bits per heavy atom. The van der Waals surface area contributed by atoms with E-state index in [0.29, 0.717) is 0 Å². The molecule has 2 N–H and O–H groups in total. The second-order valence-corrected chi connectivity index (χ2v) is 5.90. The zero-order valence-electron chi connectivity index (χ0n) is 12.1. The van der Waals surface area contributed by atoms with Gasteiger partial charge < -0.3 is 10.6 Å². The van der Waals surface area contributed by atoms with Crippen molar-refractivity contribution in [2.75, 3.05) is 24.8 Å². The molecule has 1 unspecified atom stereocenters. The molecule has 0 saturated carbocycles. The van der Waals surface area contributed by atoms with Crippen LogP contribution in [0.25, 0.3) is 0 Å². The molecule has 0 aliphatic rings. The lowest BCUT2D eigenvalue weighted by Gasteiger charge is -2.27. The molecule has 0 spiro atoms. The van der Waals surface area contributed by atoms with E-state index in [9.17, 15) is 14.9 Å². The molecule has 1 aromatic rings. The lowest BCUT2D eigenvalue weighted by Crippen LogP contribution is -2.38. The highest BCUT2D eigenvalue weighted by Crippen LogP contribution is 2.30. The number of carbonyl (C=O) groups is 1. The Labute approximate surface area is 132 Å². The van der Waals surface area contributed by atoms with Crippen LogP contribution in [0.4, 0.5) is 11.4 Å². The molecule has 1 amide bonds. The Balaban J connectivity index is 3.19. The standard InChI is InChI=1S/C13H18ClN3O3S/c1-4-8(7-21-3)16(2)13(18)10-5-9(17(19)20)6-11(14)12(10)15/h5-6,8H,4,7,15H2,1-3H3. The summed E-state index contributed by atoms with van der Waals surface area (Å²) >= 11 is 7.51. The molecule has 1 aromatic carbocycles. The average Bonchev–Trinajstić information content (AvgIpc) is 2.45. The second-order valence-electron chi connectivity index (χ2n) is 4.58. The van der Waals surface area contributed by atoms with E-state index in [0.717, 1.165) is 18.2 Å². The molecule has 0 aromatic heterocycles. The minimum atomic E-state index is -0.596. The first-order valence-corrected chi connectivity index (χ1v) is 8.10. The summed E-state index contributed by atoms with van der Waals surface area (Å²) in [5.74, 6) is 0.417. The average molecular weight is 332 g/mol. The van der Waals surface area contributed by atoms with Gasteiger partial charge in [0.25, 0.3) is 11.6 Å². The molecule has 1 rings (SSSR count). The number of halogens is 1. The van der Waals surface area contributed by atoms with Crippen LogP contribution in [0.2, 0.25) is 5.02 Å². The maximum Gasteiger partial charge on any atom is 0.271 e. The highest BCUT2D eigenvalue weighted by atomic mass is 35.5. The number of nitrogen functional groups attached to an aromatic ring is 1. The zero-order chi connectivity index (χ0) is 16.2. The van der Waals surface area contributed by atoms with Gasteiger partial charge in [-0.25, -0.2) is 0 Å². The summed E-state index contributed by atoms with van der Waals surface area (Å²) in [6.07, 6.45) is 2.74. The molecule has 0 saturated heterocycles. The number of anilines is 1. The summed E-state index contributed by atoms with van der Waals surface area (Å²) in [4.78, 5) is 24.4. The van der Waals surface area contributed by atoms with Crippen LogP contribution in [0.5, 0.6) is 0 Å². The summed E-state index contributed by atoms with van der Waals surface area (Å²) in [5.41, 5.74) is 5.69. The monoisotopic (exact) mass is 331 g/mol. The van der Waals surface area contributed by atoms with Gasteiger partial charge in [-0.05, 0) is 12.7 Å². The van der Waals surface area contributed by atoms with Crippen LogP contribution >= 0.6 is 23.4 Å². The minimum absolute atomic E-state index is 0.0128. The Bertz CT molecular complexity index is 554. The van der Waals surface area contributed by atoms with Gasteiger partial charge in [0.1, 0.15) is 0 Å². The highest BCUT2D eigenvalue weighted by molar-refractivity contribution is 7.98. The molecular formula is C13H18ClN3O3S. The smallest absolute Gasteiger partial charge is 0.271 e. The third-order valence-electron chi connectivity index (χ3n) is 3.25. The Kier molecular flexibility index (Phi) is 6.29. The highest BCUT2D eigenvalue weighted by Gasteiger charge is 2.24. The van der Waals surface area contributed by atoms with Crippen molar-refractivity contribution in [2.24, 2.45) is 0 Å². The minimum Gasteiger partial charge on any atom is -0.397 e. The van der Waals surface area contributed by atoms with Gasteiger partial charge in [0, 0.05) is 31.0 Å². The molecule has 0 radical (unpaired) electrons. The van der Waals surface area contributed by atoms with E-state index in [-0.39, 0.29) is 33.9 Å². The van der Waals surface area contributed by atoms with E-state index >= 15 is 0 Å². The topological polar surface area (TPSA) is 89.5 Å². The summed E-state index contributed by atoms with van der Waals surface area (Å²) < 4.78 is 0. The van der Waals surface area contributed by atoms with E-state index in [1.807, 2.05) is 13.2 Å². The van der Waals surface area contributed by atoms with E-state index in [4.69, 9.17) is 17.3 Å². The van der Waals surface area contributed by atoms with Gasteiger partial charge in [0.15, 0.2) is 0 Å². The number of non-ortho nitro benzene ring substituents is 1. The number of hydrogen-bond donors (Lipinski definition) is 1. The molecule has 6 nitrogen and oxygen atoms in total. The summed E-state index contributed by atoms with van der Waals surface area (Å²) in [5, 5.41) is 10.9. The van der Waals surface area contributed by atoms with Crippen molar-refractivity contribution in [1.82, 2.24) is 4.90 Å². The van der Waals surface area contributed by atoms with Crippen molar-refractivity contribution in [1.29, 1.82) is 0 Å². The number of thioether (sulfide) groups is 1. The number of nitro benzene ring substituents is 1. The predicted molar refractivity (Wildman–Crippen MR) is 87.1 cm³/mol. The number of nitrogens with zero attached hydrogens (tertiary/aromatic N) is 2. The summed E-state index contributed by atoms with van der Waals surface area (Å²) in [7, 11) is 1.67. The lowest BCUT2D eigenvalue weighted by atomic mass is 10.1. The molecule has 0 aliphatic heterocycles. The van der Waals surface area contributed by atoms with Gasteiger partial charge in [0.05, 0.1) is 21.2 Å². The molecule has 116 valence electrons. The Morgan fingerprint density at radius 3 is 2.67 bits per heavy atom. The van der Waals surface area contributed by atoms with Crippen LogP contribution in [-0.2, 0) is 0 Å². The Hall–Kier alpha value is -1.47. The fourth-order valence-electron chi connectivity index (χ4n) is 1.94. The van der Waals surface area contributed by atoms with Gasteiger partial charge in [-0.15, -0.1) is 0 Å². The maximum absolute atomic E-state index is 12.5. The molecule has 0 aliphatic carbocycles. The fraction of sp³-hybridized carbons (Fsp3) is 0.462. The van der Waals surface area contributed by atoms with Crippen molar-refractivity contribution in [3.05, 3.63) is 32.8 Å². The molecule has 0 heterocycles. The second kappa shape index (κ2) is 7.51. The van der Waals surface area contributed by atoms with Crippen LogP contribution in [0.1, 0.15) is 23.7 Å². The molecule has 8 heteroatoms. The van der Waals surface area contributed by atoms with Crippen molar-refractivity contribution in [3.63, 3.8) is 0 Å². The van der Waals surface area contributed by atoms with Crippen LogP contribution in [0.15, 0.2) is 12.1 Å². The Morgan fingerprint density at radius 2 is 2.19 bits per heavy atom. The number of amides is 1. The molecule has 0 fully saturated rings. The number of carbonyl (C=O) groups excluding carboxylic acids is 1. The fourth-order valence-corrected chi connectivity index (χ4v) is 3.00. The molecule has 21 heavy (non-hydrogen) atoms. The van der Waals surface area contributed by atoms with Gasteiger partial charge in [-0.3, -0.25) is 14.9 Å². The van der Waals surface area contributed by atoms with Gasteiger partial charge in [-0.2, -0.15) is 11.8 Å². The van der Waals surface area contributed by atoms with Gasteiger partial charge >= 0.3 is 0 Å². The van der Waals surface area contributed by atoms with Gasteiger partial charge in [0.2, 0.25) is 0 Å². The SMILES string of the molecule is CCC(CSC)N(C)C(=O)c1cc([N+](=O)[O-])cc(Cl)c1N. The maximum atomic E-state index is 12.5. The van der Waals surface area contributed by atoms with Crippen molar-refractivity contribution >= 4 is 40.6 Å². The van der Waals surface area contributed by atoms with Crippen molar-refractivity contribution in [3.8, 4) is 0 Å². The van der Waals surface area contributed by atoms with Gasteiger partial charge in [-0.1, -0.05) is 18.5 Å². The number of nitrogens with two attached hydrogens (primary N) is 1. The number of hydrogen-bond acceptors (Lipinski definition) is 5. The number of benzene rings is 1. The van der Waals surface area contributed by atoms with E-state index < -0.39 is 4.92 Å². The van der Waals surface area contributed by atoms with Crippen LogP contribution in [0, 0.1) is 10.1 Å². The van der Waals surface area contributed by atoms with E-state index in [1.165, 1.54) is 6.07 Å². The number of rotatable bonds is 6. The number of nitro groups is 1. The zero-order valence-corrected chi connectivity index (χ0v) is 13.7. The largest absolute Gasteiger partial charge is 0.397 e. The van der Waals surface area contributed by atoms with E-state index in [2.05, 4.69) is 0 Å². The molecule has 1 atom stereocenters. The first-order chi connectivity index (χ1) is 9.83. The molecule has 0 bridgehead atoms. The van der Waals surface area contributed by atoms with Crippen molar-refractivity contribution in [2.45, 2.75) is 19.4 Å². The first-order valence-electron chi connectivity index (χ1n) is 6.32. The predicted octanol–water partition coefficient (Wildman–Crippen LogP) is 3.04. The van der Waals surface area contributed by atoms with Crippen LogP contribution < -0.4 is 5.73 Å². The van der Waals surface area contributed by atoms with Crippen molar-refractivity contribution < 1.29 is 9.72 Å². The third kappa shape index (κ3) is 4.01. The van der Waals surface area contributed by atoms with Crippen LogP contribution in [-0.4, -0.2) is 40.8 Å². The quantitative estimate of drug-likeness (QED) is 0.491. The summed E-state index contributed by atoms with van der Waals surface area (Å²) in [6.45, 7) is 1.98. The summed E-state index contributed by atoms with van der Waals surface area (Å²) in [6, 6.07) is 2.35. The lowest BCUT2D eigenvalue weighted by molar-refractivity contribution is -0.384. The van der Waals surface area contributed by atoms with Crippen LogP contribution in [0.3, 0.4) is 0 Å².